The molecule has 0 fully saturated rings. The Labute approximate surface area is 119 Å². The Balaban J connectivity index is 2.36. The van der Waals surface area contributed by atoms with E-state index in [0.717, 1.165) is 0 Å². The molecule has 0 bridgehead atoms. The molecule has 0 aliphatic carbocycles. The molecule has 0 saturated heterocycles. The van der Waals surface area contributed by atoms with Crippen molar-refractivity contribution in [2.24, 2.45) is 0 Å². The lowest BCUT2D eigenvalue weighted by molar-refractivity contribution is 0.0653. The smallest absolute Gasteiger partial charge is 0.344 e. The second-order valence-corrected chi connectivity index (χ2v) is 4.04. The van der Waals surface area contributed by atoms with E-state index in [4.69, 9.17) is 14.9 Å². The molecular formula is C15H10O6. The first-order chi connectivity index (χ1) is 10.0. The Kier molecular flexibility index (Phi) is 3.99. The third-order valence-corrected chi connectivity index (χ3v) is 2.70. The van der Waals surface area contributed by atoms with E-state index in [1.807, 2.05) is 0 Å². The van der Waals surface area contributed by atoms with Crippen molar-refractivity contribution < 1.29 is 29.3 Å². The lowest BCUT2D eigenvalue weighted by Gasteiger charge is -2.08. The summed E-state index contributed by atoms with van der Waals surface area (Å²) >= 11 is 0. The third kappa shape index (κ3) is 3.06. The van der Waals surface area contributed by atoms with Gasteiger partial charge in [-0.15, -0.1) is 0 Å². The summed E-state index contributed by atoms with van der Waals surface area (Å²) in [4.78, 5) is 34.1. The minimum atomic E-state index is -1.27. The van der Waals surface area contributed by atoms with Crippen molar-refractivity contribution in [2.75, 3.05) is 0 Å². The Morgan fingerprint density at radius 1 is 0.714 bits per heavy atom. The number of aromatic carboxylic acids is 2. The number of carbonyl (C=O) groups excluding carboxylic acids is 1. The minimum absolute atomic E-state index is 0.143. The van der Waals surface area contributed by atoms with Crippen molar-refractivity contribution in [3.63, 3.8) is 0 Å². The lowest BCUT2D eigenvalue weighted by Crippen LogP contribution is -2.15. The van der Waals surface area contributed by atoms with Crippen LogP contribution in [-0.4, -0.2) is 28.1 Å². The predicted molar refractivity (Wildman–Crippen MR) is 71.8 cm³/mol. The average molecular weight is 286 g/mol. The number of esters is 1. The molecule has 2 aromatic carbocycles. The SMILES string of the molecule is O=C(O)c1ccccc1OC(=O)c1ccccc1C(=O)O. The molecule has 0 amide bonds. The second-order valence-electron chi connectivity index (χ2n) is 4.04. The topological polar surface area (TPSA) is 101 Å². The molecule has 0 aromatic heterocycles. The molecule has 0 spiro atoms. The maximum absolute atomic E-state index is 12.0. The fourth-order valence-corrected chi connectivity index (χ4v) is 1.73. The lowest BCUT2D eigenvalue weighted by atomic mass is 10.1. The van der Waals surface area contributed by atoms with Gasteiger partial charge in [0.1, 0.15) is 11.3 Å². The molecule has 0 aliphatic rings. The zero-order valence-electron chi connectivity index (χ0n) is 10.6. The summed E-state index contributed by atoms with van der Waals surface area (Å²) in [6.07, 6.45) is 0. The second kappa shape index (κ2) is 5.87. The van der Waals surface area contributed by atoms with Crippen molar-refractivity contribution in [2.45, 2.75) is 0 Å². The Morgan fingerprint density at radius 3 is 1.76 bits per heavy atom. The molecule has 2 aromatic rings. The van der Waals surface area contributed by atoms with Gasteiger partial charge in [0.2, 0.25) is 0 Å². The van der Waals surface area contributed by atoms with Crippen molar-refractivity contribution in [3.8, 4) is 5.75 Å². The van der Waals surface area contributed by atoms with Gasteiger partial charge in [0.15, 0.2) is 0 Å². The van der Waals surface area contributed by atoms with E-state index >= 15 is 0 Å². The molecule has 106 valence electrons. The summed E-state index contributed by atoms with van der Waals surface area (Å²) in [5.41, 5.74) is -0.542. The van der Waals surface area contributed by atoms with Gasteiger partial charge in [-0.05, 0) is 24.3 Å². The number of carboxylic acid groups (broad SMARTS) is 2. The Hall–Kier alpha value is -3.15. The highest BCUT2D eigenvalue weighted by molar-refractivity contribution is 6.03. The summed E-state index contributed by atoms with van der Waals surface area (Å²) in [5, 5.41) is 18.0. The van der Waals surface area contributed by atoms with Crippen LogP contribution in [-0.2, 0) is 0 Å². The number of carboxylic acids is 2. The van der Waals surface area contributed by atoms with Crippen LogP contribution < -0.4 is 4.74 Å². The van der Waals surface area contributed by atoms with Gasteiger partial charge in [0.25, 0.3) is 0 Å². The van der Waals surface area contributed by atoms with Crippen molar-refractivity contribution in [1.82, 2.24) is 0 Å². The highest BCUT2D eigenvalue weighted by Crippen LogP contribution is 2.20. The summed E-state index contributed by atoms with van der Waals surface area (Å²) in [6, 6.07) is 11.2. The maximum Gasteiger partial charge on any atom is 0.344 e. The van der Waals surface area contributed by atoms with E-state index in [0.29, 0.717) is 0 Å². The number of benzene rings is 2. The first-order valence-electron chi connectivity index (χ1n) is 5.87. The summed E-state index contributed by atoms with van der Waals surface area (Å²) < 4.78 is 5.00. The van der Waals surface area contributed by atoms with Crippen LogP contribution in [0.25, 0.3) is 0 Å². The van der Waals surface area contributed by atoms with Crippen LogP contribution in [0.5, 0.6) is 5.75 Å². The third-order valence-electron chi connectivity index (χ3n) is 2.70. The summed E-state index contributed by atoms with van der Waals surface area (Å²) in [5.74, 6) is -3.59. The molecule has 0 atom stereocenters. The fraction of sp³-hybridized carbons (Fsp3) is 0. The molecule has 6 heteroatoms. The first-order valence-corrected chi connectivity index (χ1v) is 5.87. The van der Waals surface area contributed by atoms with Gasteiger partial charge in [0.05, 0.1) is 11.1 Å². The molecule has 0 radical (unpaired) electrons. The first kappa shape index (κ1) is 14.3. The summed E-state index contributed by atoms with van der Waals surface area (Å²) in [6.45, 7) is 0. The van der Waals surface area contributed by atoms with Crippen LogP contribution in [0.2, 0.25) is 0 Å². The van der Waals surface area contributed by atoms with E-state index in [2.05, 4.69) is 0 Å². The van der Waals surface area contributed by atoms with Crippen LogP contribution in [0.15, 0.2) is 48.5 Å². The highest BCUT2D eigenvalue weighted by Gasteiger charge is 2.20. The number of carbonyl (C=O) groups is 3. The van der Waals surface area contributed by atoms with Crippen LogP contribution >= 0.6 is 0 Å². The van der Waals surface area contributed by atoms with Gasteiger partial charge in [-0.1, -0.05) is 24.3 Å². The Bertz CT molecular complexity index is 720. The van der Waals surface area contributed by atoms with E-state index in [1.54, 1.807) is 0 Å². The number of hydrogen-bond donors (Lipinski definition) is 2. The average Bonchev–Trinajstić information content (AvgIpc) is 2.47. The van der Waals surface area contributed by atoms with Crippen molar-refractivity contribution >= 4 is 17.9 Å². The fourth-order valence-electron chi connectivity index (χ4n) is 1.73. The van der Waals surface area contributed by atoms with E-state index in [9.17, 15) is 14.4 Å². The van der Waals surface area contributed by atoms with Crippen molar-refractivity contribution in [1.29, 1.82) is 0 Å². The zero-order valence-corrected chi connectivity index (χ0v) is 10.6. The largest absolute Gasteiger partial charge is 0.478 e. The zero-order chi connectivity index (χ0) is 15.4. The predicted octanol–water partition coefficient (Wildman–Crippen LogP) is 2.30. The quantitative estimate of drug-likeness (QED) is 0.660. The van der Waals surface area contributed by atoms with E-state index < -0.39 is 17.9 Å². The normalized spacial score (nSPS) is 9.90. The van der Waals surface area contributed by atoms with Gasteiger partial charge < -0.3 is 14.9 Å². The van der Waals surface area contributed by atoms with Gasteiger partial charge in [-0.2, -0.15) is 0 Å². The molecular weight excluding hydrogens is 276 g/mol. The maximum atomic E-state index is 12.0. The molecule has 0 aliphatic heterocycles. The summed E-state index contributed by atoms with van der Waals surface area (Å²) in [7, 11) is 0. The van der Waals surface area contributed by atoms with E-state index in [1.165, 1.54) is 48.5 Å². The monoisotopic (exact) mass is 286 g/mol. The van der Waals surface area contributed by atoms with E-state index in [-0.39, 0.29) is 22.4 Å². The highest BCUT2D eigenvalue weighted by atomic mass is 16.5. The molecule has 21 heavy (non-hydrogen) atoms. The van der Waals surface area contributed by atoms with Gasteiger partial charge >= 0.3 is 17.9 Å². The van der Waals surface area contributed by atoms with Crippen LogP contribution in [0, 0.1) is 0 Å². The molecule has 6 nitrogen and oxygen atoms in total. The van der Waals surface area contributed by atoms with Crippen LogP contribution in [0.3, 0.4) is 0 Å². The van der Waals surface area contributed by atoms with Crippen LogP contribution in [0.1, 0.15) is 31.1 Å². The van der Waals surface area contributed by atoms with Gasteiger partial charge in [-0.25, -0.2) is 14.4 Å². The molecule has 0 heterocycles. The van der Waals surface area contributed by atoms with Gasteiger partial charge in [0, 0.05) is 0 Å². The molecule has 0 saturated carbocycles. The minimum Gasteiger partial charge on any atom is -0.478 e. The number of para-hydroxylation sites is 1. The molecule has 2 rings (SSSR count). The molecule has 2 N–H and O–H groups in total. The number of rotatable bonds is 4. The van der Waals surface area contributed by atoms with Gasteiger partial charge in [-0.3, -0.25) is 0 Å². The molecule has 0 unspecified atom stereocenters. The number of ether oxygens (including phenoxy) is 1. The van der Waals surface area contributed by atoms with Crippen LogP contribution in [0.4, 0.5) is 0 Å². The van der Waals surface area contributed by atoms with Crippen molar-refractivity contribution in [3.05, 3.63) is 65.2 Å². The standard InChI is InChI=1S/C15H10O6/c16-13(17)9-5-1-2-6-10(9)15(20)21-12-8-4-3-7-11(12)14(18)19/h1-8H,(H,16,17)(H,18,19). The number of hydrogen-bond acceptors (Lipinski definition) is 4. The Morgan fingerprint density at radius 2 is 1.19 bits per heavy atom.